The van der Waals surface area contributed by atoms with Crippen LogP contribution in [-0.2, 0) is 24.6 Å². The van der Waals surface area contributed by atoms with Crippen molar-refractivity contribution in [3.8, 4) is 0 Å². The number of hydrogen-bond acceptors (Lipinski definition) is 4. The van der Waals surface area contributed by atoms with Crippen molar-refractivity contribution in [1.82, 2.24) is 14.9 Å². The summed E-state index contributed by atoms with van der Waals surface area (Å²) in [6, 6.07) is 5.62. The third-order valence-corrected chi connectivity index (χ3v) is 5.57. The van der Waals surface area contributed by atoms with Crippen molar-refractivity contribution in [2.75, 3.05) is 18.8 Å². The van der Waals surface area contributed by atoms with Gasteiger partial charge in [-0.2, -0.15) is 13.2 Å². The molecule has 1 saturated heterocycles. The Kier molecular flexibility index (Phi) is 4.14. The van der Waals surface area contributed by atoms with Crippen molar-refractivity contribution in [3.63, 3.8) is 0 Å². The zero-order chi connectivity index (χ0) is 18.4. The summed E-state index contributed by atoms with van der Waals surface area (Å²) in [5.74, 6) is 0.292. The molecular weight excluding hydrogens is 341 g/mol. The highest BCUT2D eigenvalue weighted by Gasteiger charge is 2.43. The SMILES string of the molecule is Nc1ncc2c(n1)C1(CCCN(Cc3cccc(C(F)(F)F)c3)C1)CC2. The number of aromatic nitrogens is 2. The molecule has 0 radical (unpaired) electrons. The van der Waals surface area contributed by atoms with E-state index in [4.69, 9.17) is 5.73 Å². The zero-order valence-corrected chi connectivity index (χ0v) is 14.4. The maximum absolute atomic E-state index is 13.0. The van der Waals surface area contributed by atoms with E-state index in [2.05, 4.69) is 14.9 Å². The molecule has 1 atom stereocenters. The first-order valence-electron chi connectivity index (χ1n) is 8.86. The molecule has 2 aliphatic rings. The maximum Gasteiger partial charge on any atom is 0.416 e. The predicted octanol–water partition coefficient (Wildman–Crippen LogP) is 3.56. The Morgan fingerprint density at radius 1 is 1.23 bits per heavy atom. The molecule has 1 aliphatic heterocycles. The van der Waals surface area contributed by atoms with Gasteiger partial charge in [-0.1, -0.05) is 18.2 Å². The number of nitrogens with zero attached hydrogens (tertiary/aromatic N) is 3. The lowest BCUT2D eigenvalue weighted by Crippen LogP contribution is -2.45. The second-order valence-electron chi connectivity index (χ2n) is 7.39. The summed E-state index contributed by atoms with van der Waals surface area (Å²) in [5, 5.41) is 0. The summed E-state index contributed by atoms with van der Waals surface area (Å²) >= 11 is 0. The molecule has 2 N–H and O–H groups in total. The van der Waals surface area contributed by atoms with Gasteiger partial charge in [-0.3, -0.25) is 4.90 Å². The number of anilines is 1. The molecule has 1 unspecified atom stereocenters. The van der Waals surface area contributed by atoms with Gasteiger partial charge in [0, 0.05) is 24.7 Å². The first kappa shape index (κ1) is 17.3. The van der Waals surface area contributed by atoms with E-state index in [9.17, 15) is 13.2 Å². The van der Waals surface area contributed by atoms with E-state index >= 15 is 0 Å². The van der Waals surface area contributed by atoms with Gasteiger partial charge >= 0.3 is 6.18 Å². The lowest BCUT2D eigenvalue weighted by molar-refractivity contribution is -0.137. The highest BCUT2D eigenvalue weighted by atomic mass is 19.4. The molecule has 1 fully saturated rings. The second kappa shape index (κ2) is 6.23. The van der Waals surface area contributed by atoms with E-state index in [-0.39, 0.29) is 5.41 Å². The van der Waals surface area contributed by atoms with Crippen molar-refractivity contribution in [3.05, 3.63) is 52.8 Å². The van der Waals surface area contributed by atoms with Crippen LogP contribution < -0.4 is 5.73 Å². The van der Waals surface area contributed by atoms with Gasteiger partial charge < -0.3 is 5.73 Å². The summed E-state index contributed by atoms with van der Waals surface area (Å²) in [6.45, 7) is 2.20. The molecule has 1 spiro atoms. The van der Waals surface area contributed by atoms with E-state index in [1.54, 1.807) is 6.07 Å². The lowest BCUT2D eigenvalue weighted by atomic mass is 9.77. The van der Waals surface area contributed by atoms with Gasteiger partial charge in [0.05, 0.1) is 11.3 Å². The Morgan fingerprint density at radius 2 is 2.08 bits per heavy atom. The fourth-order valence-corrected chi connectivity index (χ4v) is 4.42. The molecule has 4 rings (SSSR count). The highest BCUT2D eigenvalue weighted by molar-refractivity contribution is 5.37. The van der Waals surface area contributed by atoms with Crippen LogP contribution in [0.15, 0.2) is 30.5 Å². The highest BCUT2D eigenvalue weighted by Crippen LogP contribution is 2.44. The number of piperidine rings is 1. The molecule has 0 bridgehead atoms. The number of benzene rings is 1. The van der Waals surface area contributed by atoms with E-state index < -0.39 is 11.7 Å². The number of aryl methyl sites for hydroxylation is 1. The van der Waals surface area contributed by atoms with Crippen LogP contribution in [0.4, 0.5) is 19.1 Å². The minimum atomic E-state index is -4.31. The smallest absolute Gasteiger partial charge is 0.368 e. The molecule has 1 aliphatic carbocycles. The first-order valence-corrected chi connectivity index (χ1v) is 8.86. The number of nitrogen functional groups attached to an aromatic ring is 1. The van der Waals surface area contributed by atoms with Crippen molar-refractivity contribution < 1.29 is 13.2 Å². The Labute approximate surface area is 150 Å². The fraction of sp³-hybridized carbons (Fsp3) is 0.474. The van der Waals surface area contributed by atoms with E-state index in [0.717, 1.165) is 56.1 Å². The summed E-state index contributed by atoms with van der Waals surface area (Å²) in [5.41, 5.74) is 8.04. The summed E-state index contributed by atoms with van der Waals surface area (Å²) in [6.07, 6.45) is 1.49. The lowest BCUT2D eigenvalue weighted by Gasteiger charge is -2.40. The molecule has 7 heteroatoms. The fourth-order valence-electron chi connectivity index (χ4n) is 4.42. The third kappa shape index (κ3) is 3.16. The molecule has 0 saturated carbocycles. The van der Waals surface area contributed by atoms with Crippen LogP contribution in [0.1, 0.15) is 41.6 Å². The summed E-state index contributed by atoms with van der Waals surface area (Å²) in [7, 11) is 0. The Bertz CT molecular complexity index is 817. The van der Waals surface area contributed by atoms with Crippen LogP contribution in [0.3, 0.4) is 0 Å². The number of nitrogens with two attached hydrogens (primary N) is 1. The van der Waals surface area contributed by atoms with Crippen molar-refractivity contribution >= 4 is 5.95 Å². The second-order valence-corrected chi connectivity index (χ2v) is 7.39. The Balaban J connectivity index is 1.55. The van der Waals surface area contributed by atoms with Crippen LogP contribution in [0.2, 0.25) is 0 Å². The number of hydrogen-bond donors (Lipinski definition) is 1. The third-order valence-electron chi connectivity index (χ3n) is 5.57. The molecule has 2 aromatic rings. The van der Waals surface area contributed by atoms with E-state index in [1.807, 2.05) is 6.20 Å². The first-order chi connectivity index (χ1) is 12.4. The van der Waals surface area contributed by atoms with Gasteiger partial charge in [0.15, 0.2) is 0 Å². The van der Waals surface area contributed by atoms with Crippen LogP contribution in [0.25, 0.3) is 0 Å². The van der Waals surface area contributed by atoms with Crippen LogP contribution in [0.5, 0.6) is 0 Å². The van der Waals surface area contributed by atoms with Gasteiger partial charge in [0.2, 0.25) is 5.95 Å². The average molecular weight is 362 g/mol. The number of likely N-dealkylation sites (tertiary alicyclic amines) is 1. The average Bonchev–Trinajstić information content (AvgIpc) is 2.92. The Hall–Kier alpha value is -2.15. The van der Waals surface area contributed by atoms with Crippen LogP contribution in [-0.4, -0.2) is 28.0 Å². The predicted molar refractivity (Wildman–Crippen MR) is 92.4 cm³/mol. The van der Waals surface area contributed by atoms with Crippen LogP contribution >= 0.6 is 0 Å². The minimum Gasteiger partial charge on any atom is -0.368 e. The molecule has 4 nitrogen and oxygen atoms in total. The largest absolute Gasteiger partial charge is 0.416 e. The number of halogens is 3. The van der Waals surface area contributed by atoms with Gasteiger partial charge in [-0.05, 0) is 49.4 Å². The minimum absolute atomic E-state index is 0.0493. The Morgan fingerprint density at radius 3 is 2.88 bits per heavy atom. The van der Waals surface area contributed by atoms with Gasteiger partial charge in [-0.15, -0.1) is 0 Å². The summed E-state index contributed by atoms with van der Waals surface area (Å²) < 4.78 is 38.9. The number of fused-ring (bicyclic) bond motifs is 2. The molecule has 1 aromatic heterocycles. The van der Waals surface area contributed by atoms with Crippen molar-refractivity contribution in [1.29, 1.82) is 0 Å². The topological polar surface area (TPSA) is 55.0 Å². The van der Waals surface area contributed by atoms with Gasteiger partial charge in [0.1, 0.15) is 0 Å². The normalized spacial score (nSPS) is 23.3. The zero-order valence-electron chi connectivity index (χ0n) is 14.4. The standard InChI is InChI=1S/C19H21F3N4/c20-19(21,22)15-4-1-3-13(9-15)11-26-8-2-6-18(12-26)7-5-14-10-24-17(23)25-16(14)18/h1,3-4,9-10H,2,5-8,11-12H2,(H2,23,24,25). The summed E-state index contributed by atoms with van der Waals surface area (Å²) in [4.78, 5) is 10.8. The van der Waals surface area contributed by atoms with E-state index in [0.29, 0.717) is 18.1 Å². The molecule has 2 heterocycles. The van der Waals surface area contributed by atoms with Gasteiger partial charge in [0.25, 0.3) is 0 Å². The van der Waals surface area contributed by atoms with E-state index in [1.165, 1.54) is 12.1 Å². The maximum atomic E-state index is 13.0. The van der Waals surface area contributed by atoms with Crippen molar-refractivity contribution in [2.24, 2.45) is 0 Å². The van der Waals surface area contributed by atoms with Crippen molar-refractivity contribution in [2.45, 2.75) is 43.8 Å². The molecular formula is C19H21F3N4. The van der Waals surface area contributed by atoms with Gasteiger partial charge in [-0.25, -0.2) is 9.97 Å². The molecule has 26 heavy (non-hydrogen) atoms. The van der Waals surface area contributed by atoms with Crippen LogP contribution in [0, 0.1) is 0 Å². The number of rotatable bonds is 2. The quantitative estimate of drug-likeness (QED) is 0.888. The molecule has 0 amide bonds. The number of alkyl halides is 3. The monoisotopic (exact) mass is 362 g/mol. The molecule has 1 aromatic carbocycles. The molecule has 138 valence electrons.